The minimum atomic E-state index is -4.04. The van der Waals surface area contributed by atoms with Crippen molar-refractivity contribution >= 4 is 21.5 Å². The maximum atomic E-state index is 13.3. The molecule has 3 rings (SSSR count). The highest BCUT2D eigenvalue weighted by atomic mass is 32.2. The van der Waals surface area contributed by atoms with Crippen LogP contribution in [0.5, 0.6) is 0 Å². The molecule has 1 saturated carbocycles. The Morgan fingerprint density at radius 1 is 1.16 bits per heavy atom. The molecule has 1 aliphatic heterocycles. The number of carbonyl (C=O) groups is 1. The van der Waals surface area contributed by atoms with E-state index in [1.54, 1.807) is 0 Å². The highest BCUT2D eigenvalue weighted by Gasteiger charge is 2.33. The Morgan fingerprint density at radius 2 is 1.84 bits per heavy atom. The molecule has 1 aliphatic carbocycles. The van der Waals surface area contributed by atoms with Crippen molar-refractivity contribution in [1.82, 2.24) is 4.31 Å². The molecule has 0 amide bonds. The number of non-ortho nitro benzene ring substituents is 1. The standard InChI is InChI=1S/C21H31N3O6S/c22-20(13-16-5-2-1-3-6-16)21(25)15-23(14-18-7-4-12-30-18)31(28,29)19-10-8-17(9-11-19)24(26)27/h8-11,16,18,20H,1-7,12-15,22H2/t18-,20-/m0/s1. The summed E-state index contributed by atoms with van der Waals surface area (Å²) < 4.78 is 33.2. The molecular formula is C21H31N3O6S. The number of ketones is 1. The number of benzene rings is 1. The molecule has 0 unspecified atom stereocenters. The molecule has 10 heteroatoms. The molecular weight excluding hydrogens is 422 g/mol. The van der Waals surface area contributed by atoms with Crippen LogP contribution in [0.25, 0.3) is 0 Å². The smallest absolute Gasteiger partial charge is 0.269 e. The molecule has 0 bridgehead atoms. The quantitative estimate of drug-likeness (QED) is 0.425. The maximum absolute atomic E-state index is 13.3. The van der Waals surface area contributed by atoms with Crippen molar-refractivity contribution in [2.75, 3.05) is 19.7 Å². The molecule has 31 heavy (non-hydrogen) atoms. The second-order valence-electron chi connectivity index (χ2n) is 8.50. The van der Waals surface area contributed by atoms with Gasteiger partial charge in [0.15, 0.2) is 5.78 Å². The predicted octanol–water partition coefficient (Wildman–Crippen LogP) is 2.63. The van der Waals surface area contributed by atoms with Crippen molar-refractivity contribution in [1.29, 1.82) is 0 Å². The van der Waals surface area contributed by atoms with E-state index in [0.717, 1.165) is 48.5 Å². The zero-order valence-electron chi connectivity index (χ0n) is 17.6. The fourth-order valence-corrected chi connectivity index (χ4v) is 5.79. The first kappa shape index (κ1) is 23.8. The lowest BCUT2D eigenvalue weighted by molar-refractivity contribution is -0.384. The van der Waals surface area contributed by atoms with Crippen molar-refractivity contribution in [3.63, 3.8) is 0 Å². The summed E-state index contributed by atoms with van der Waals surface area (Å²) in [5.41, 5.74) is 5.96. The van der Waals surface area contributed by atoms with Gasteiger partial charge in [0.25, 0.3) is 5.69 Å². The van der Waals surface area contributed by atoms with Gasteiger partial charge in [-0.2, -0.15) is 4.31 Å². The van der Waals surface area contributed by atoms with Crippen molar-refractivity contribution < 1.29 is 22.9 Å². The first-order chi connectivity index (χ1) is 14.8. The van der Waals surface area contributed by atoms with Crippen molar-refractivity contribution in [3.05, 3.63) is 34.4 Å². The van der Waals surface area contributed by atoms with Crippen LogP contribution < -0.4 is 5.73 Å². The van der Waals surface area contributed by atoms with Gasteiger partial charge >= 0.3 is 0 Å². The lowest BCUT2D eigenvalue weighted by atomic mass is 9.84. The molecule has 0 aromatic heterocycles. The third-order valence-corrected chi connectivity index (χ3v) is 8.00. The number of nitro groups is 1. The Morgan fingerprint density at radius 3 is 2.42 bits per heavy atom. The molecule has 2 atom stereocenters. The second-order valence-corrected chi connectivity index (χ2v) is 10.4. The summed E-state index contributed by atoms with van der Waals surface area (Å²) in [6, 6.07) is 3.98. The normalized spacial score (nSPS) is 21.3. The lowest BCUT2D eigenvalue weighted by Gasteiger charge is -2.27. The number of hydrogen-bond donors (Lipinski definition) is 1. The number of ether oxygens (including phenoxy) is 1. The Hall–Kier alpha value is -1.88. The Kier molecular flexibility index (Phi) is 8.15. The third kappa shape index (κ3) is 6.31. The minimum Gasteiger partial charge on any atom is -0.377 e. The van der Waals surface area contributed by atoms with Crippen LogP contribution in [0.3, 0.4) is 0 Å². The second kappa shape index (κ2) is 10.6. The summed E-state index contributed by atoms with van der Waals surface area (Å²) in [4.78, 5) is 23.1. The average molecular weight is 454 g/mol. The topological polar surface area (TPSA) is 133 Å². The van der Waals surface area contributed by atoms with Crippen LogP contribution in [0.1, 0.15) is 51.4 Å². The highest BCUT2D eigenvalue weighted by molar-refractivity contribution is 7.89. The van der Waals surface area contributed by atoms with Crippen LogP contribution in [-0.4, -0.2) is 55.3 Å². The summed E-state index contributed by atoms with van der Waals surface area (Å²) in [7, 11) is -4.04. The summed E-state index contributed by atoms with van der Waals surface area (Å²) in [6.07, 6.45) is 7.46. The van der Waals surface area contributed by atoms with Gasteiger partial charge in [0.1, 0.15) is 0 Å². The van der Waals surface area contributed by atoms with Gasteiger partial charge in [0.2, 0.25) is 10.0 Å². The minimum absolute atomic E-state index is 0.0568. The first-order valence-electron chi connectivity index (χ1n) is 10.9. The number of Topliss-reactive ketones (excluding diaryl/α,β-unsaturated/α-hetero) is 1. The SMILES string of the molecule is N[C@@H](CC1CCCCC1)C(=O)CN(C[C@@H]1CCCO1)S(=O)(=O)c1ccc([N+](=O)[O-])cc1. The molecule has 1 aromatic carbocycles. The van der Waals surface area contributed by atoms with Gasteiger partial charge in [-0.25, -0.2) is 8.42 Å². The fourth-order valence-electron chi connectivity index (χ4n) is 4.36. The maximum Gasteiger partial charge on any atom is 0.269 e. The van der Waals surface area contributed by atoms with Crippen LogP contribution in [-0.2, 0) is 19.6 Å². The summed E-state index contributed by atoms with van der Waals surface area (Å²) >= 11 is 0. The van der Waals surface area contributed by atoms with E-state index in [9.17, 15) is 23.3 Å². The Balaban J connectivity index is 1.74. The van der Waals surface area contributed by atoms with E-state index in [4.69, 9.17) is 10.5 Å². The molecule has 1 saturated heterocycles. The molecule has 1 heterocycles. The number of nitrogens with two attached hydrogens (primary N) is 1. The Bertz CT molecular complexity index is 862. The van der Waals surface area contributed by atoms with E-state index in [1.807, 2.05) is 0 Å². The van der Waals surface area contributed by atoms with E-state index in [1.165, 1.54) is 18.6 Å². The molecule has 2 aliphatic rings. The highest BCUT2D eigenvalue weighted by Crippen LogP contribution is 2.28. The molecule has 2 N–H and O–H groups in total. The first-order valence-corrected chi connectivity index (χ1v) is 12.4. The molecule has 172 valence electrons. The zero-order valence-corrected chi connectivity index (χ0v) is 18.5. The van der Waals surface area contributed by atoms with Crippen LogP contribution in [0.4, 0.5) is 5.69 Å². The van der Waals surface area contributed by atoms with Gasteiger partial charge in [-0.05, 0) is 37.3 Å². The number of rotatable bonds is 10. The van der Waals surface area contributed by atoms with E-state index >= 15 is 0 Å². The van der Waals surface area contributed by atoms with E-state index in [2.05, 4.69) is 0 Å². The van der Waals surface area contributed by atoms with Gasteiger partial charge in [0.05, 0.1) is 28.5 Å². The van der Waals surface area contributed by atoms with Gasteiger partial charge in [0, 0.05) is 25.3 Å². The molecule has 1 aromatic rings. The number of carbonyl (C=O) groups excluding carboxylic acids is 1. The monoisotopic (exact) mass is 453 g/mol. The number of hydrogen-bond acceptors (Lipinski definition) is 7. The van der Waals surface area contributed by atoms with Gasteiger partial charge in [-0.3, -0.25) is 14.9 Å². The van der Waals surface area contributed by atoms with Crippen LogP contribution in [0.15, 0.2) is 29.2 Å². The third-order valence-electron chi connectivity index (χ3n) is 6.17. The molecule has 0 spiro atoms. The lowest BCUT2D eigenvalue weighted by Crippen LogP contribution is -2.45. The summed E-state index contributed by atoms with van der Waals surface area (Å²) in [6.45, 7) is 0.291. The van der Waals surface area contributed by atoms with E-state index in [-0.39, 0.29) is 35.6 Å². The Labute approximate surface area is 183 Å². The van der Waals surface area contributed by atoms with Crippen molar-refractivity contribution in [2.45, 2.75) is 68.4 Å². The number of nitrogens with zero attached hydrogens (tertiary/aromatic N) is 2. The largest absolute Gasteiger partial charge is 0.377 e. The average Bonchev–Trinajstić information content (AvgIpc) is 3.27. The van der Waals surface area contributed by atoms with Gasteiger partial charge in [-0.1, -0.05) is 32.1 Å². The summed E-state index contributed by atoms with van der Waals surface area (Å²) in [5.74, 6) is 0.0969. The van der Waals surface area contributed by atoms with Gasteiger partial charge < -0.3 is 10.5 Å². The number of nitro benzene ring substituents is 1. The molecule has 9 nitrogen and oxygen atoms in total. The van der Waals surface area contributed by atoms with Gasteiger partial charge in [-0.15, -0.1) is 0 Å². The van der Waals surface area contributed by atoms with E-state index < -0.39 is 21.0 Å². The van der Waals surface area contributed by atoms with Crippen LogP contribution in [0, 0.1) is 16.0 Å². The predicted molar refractivity (Wildman–Crippen MR) is 115 cm³/mol. The summed E-state index contributed by atoms with van der Waals surface area (Å²) in [5, 5.41) is 10.9. The zero-order chi connectivity index (χ0) is 22.4. The van der Waals surface area contributed by atoms with Crippen molar-refractivity contribution in [2.24, 2.45) is 11.7 Å². The molecule has 2 fully saturated rings. The van der Waals surface area contributed by atoms with E-state index in [0.29, 0.717) is 25.4 Å². The fraction of sp³-hybridized carbons (Fsp3) is 0.667. The van der Waals surface area contributed by atoms with Crippen molar-refractivity contribution in [3.8, 4) is 0 Å². The number of sulfonamides is 1. The van der Waals surface area contributed by atoms with Crippen LogP contribution in [0.2, 0.25) is 0 Å². The van der Waals surface area contributed by atoms with Crippen LogP contribution >= 0.6 is 0 Å². The molecule has 0 radical (unpaired) electrons.